The molecule has 1 heterocycles. The first-order chi connectivity index (χ1) is 11.6. The van der Waals surface area contributed by atoms with Gasteiger partial charge < -0.3 is 19.1 Å². The molecule has 0 unspecified atom stereocenters. The van der Waals surface area contributed by atoms with Crippen molar-refractivity contribution < 1.29 is 19.4 Å². The molecule has 1 N–H and O–H groups in total. The van der Waals surface area contributed by atoms with Crippen LogP contribution in [0, 0.1) is 0 Å². The third-order valence-electron chi connectivity index (χ3n) is 4.14. The molecule has 5 nitrogen and oxygen atoms in total. The largest absolute Gasteiger partial charge is 0.497 e. The van der Waals surface area contributed by atoms with Gasteiger partial charge in [0.1, 0.15) is 11.5 Å². The molecule has 5 heteroatoms. The molecule has 1 aromatic heterocycles. The fourth-order valence-corrected chi connectivity index (χ4v) is 2.88. The smallest absolute Gasteiger partial charge is 0.337 e. The Hall–Kier alpha value is -2.95. The van der Waals surface area contributed by atoms with Crippen LogP contribution in [0.25, 0.3) is 22.0 Å². The van der Waals surface area contributed by atoms with Gasteiger partial charge in [0.25, 0.3) is 0 Å². The highest BCUT2D eigenvalue weighted by Crippen LogP contribution is 2.33. The summed E-state index contributed by atoms with van der Waals surface area (Å²) < 4.78 is 12.6. The zero-order chi connectivity index (χ0) is 17.3. The van der Waals surface area contributed by atoms with E-state index in [0.717, 1.165) is 28.6 Å². The van der Waals surface area contributed by atoms with Gasteiger partial charge in [0.15, 0.2) is 0 Å². The molecule has 0 amide bonds. The van der Waals surface area contributed by atoms with Crippen molar-refractivity contribution in [1.82, 2.24) is 4.57 Å². The maximum Gasteiger partial charge on any atom is 0.337 e. The summed E-state index contributed by atoms with van der Waals surface area (Å²) in [6, 6.07) is 11.4. The second-order valence-corrected chi connectivity index (χ2v) is 5.47. The minimum Gasteiger partial charge on any atom is -0.497 e. The normalized spacial score (nSPS) is 10.8. The van der Waals surface area contributed by atoms with Gasteiger partial charge in [-0.25, -0.2) is 4.79 Å². The summed E-state index contributed by atoms with van der Waals surface area (Å²) in [7, 11) is 3.21. The van der Waals surface area contributed by atoms with Gasteiger partial charge in [-0.2, -0.15) is 0 Å². The van der Waals surface area contributed by atoms with Crippen LogP contribution < -0.4 is 9.47 Å². The third-order valence-corrected chi connectivity index (χ3v) is 4.14. The number of benzene rings is 2. The number of aromatic carboxylic acids is 1. The number of aryl methyl sites for hydroxylation is 1. The number of hydrogen-bond acceptors (Lipinski definition) is 3. The van der Waals surface area contributed by atoms with Gasteiger partial charge in [0.05, 0.1) is 19.8 Å². The second kappa shape index (κ2) is 6.28. The monoisotopic (exact) mass is 325 g/mol. The fourth-order valence-electron chi connectivity index (χ4n) is 2.88. The van der Waals surface area contributed by atoms with Crippen LogP contribution in [0.1, 0.15) is 17.3 Å². The predicted octanol–water partition coefficient (Wildman–Crippen LogP) is 4.04. The van der Waals surface area contributed by atoms with Gasteiger partial charge in [0.2, 0.25) is 0 Å². The number of aromatic nitrogens is 1. The van der Waals surface area contributed by atoms with Gasteiger partial charge >= 0.3 is 5.97 Å². The van der Waals surface area contributed by atoms with E-state index in [9.17, 15) is 9.90 Å². The molecule has 2 aromatic carbocycles. The maximum absolute atomic E-state index is 11.5. The second-order valence-electron chi connectivity index (χ2n) is 5.47. The number of ether oxygens (including phenoxy) is 2. The summed E-state index contributed by atoms with van der Waals surface area (Å²) in [4.78, 5) is 11.5. The van der Waals surface area contributed by atoms with Crippen molar-refractivity contribution >= 4 is 16.9 Å². The molecule has 0 bridgehead atoms. The fraction of sp³-hybridized carbons (Fsp3) is 0.211. The lowest BCUT2D eigenvalue weighted by molar-refractivity contribution is 0.0699. The zero-order valence-electron chi connectivity index (χ0n) is 13.9. The molecular weight excluding hydrogens is 306 g/mol. The third kappa shape index (κ3) is 2.69. The molecular formula is C19H19NO4. The standard InChI is InChI=1S/C19H19NO4/c1-4-20-11-17(19(21)22)16-9-12(5-6-18(16)20)13-7-14(23-2)10-15(8-13)24-3/h5-11H,4H2,1-3H3,(H,21,22). The lowest BCUT2D eigenvalue weighted by Gasteiger charge is -2.09. The number of nitrogens with zero attached hydrogens (tertiary/aromatic N) is 1. The Labute approximate surface area is 140 Å². The van der Waals surface area contributed by atoms with E-state index < -0.39 is 5.97 Å². The van der Waals surface area contributed by atoms with E-state index in [1.165, 1.54) is 0 Å². The van der Waals surface area contributed by atoms with E-state index in [1.807, 2.05) is 41.8 Å². The van der Waals surface area contributed by atoms with Crippen molar-refractivity contribution in [2.45, 2.75) is 13.5 Å². The van der Waals surface area contributed by atoms with Crippen molar-refractivity contribution in [2.24, 2.45) is 0 Å². The minimum atomic E-state index is -0.924. The molecule has 0 aliphatic rings. The Bertz CT molecular complexity index is 889. The van der Waals surface area contributed by atoms with E-state index in [2.05, 4.69) is 0 Å². The molecule has 3 aromatic rings. The molecule has 0 aliphatic heterocycles. The summed E-state index contributed by atoms with van der Waals surface area (Å²) >= 11 is 0. The van der Waals surface area contributed by atoms with E-state index in [0.29, 0.717) is 17.1 Å². The molecule has 24 heavy (non-hydrogen) atoms. The van der Waals surface area contributed by atoms with Crippen LogP contribution in [0.4, 0.5) is 0 Å². The van der Waals surface area contributed by atoms with Crippen LogP contribution >= 0.6 is 0 Å². The van der Waals surface area contributed by atoms with Crippen molar-refractivity contribution in [3.8, 4) is 22.6 Å². The highest BCUT2D eigenvalue weighted by molar-refractivity contribution is 6.04. The van der Waals surface area contributed by atoms with E-state index >= 15 is 0 Å². The highest BCUT2D eigenvalue weighted by Gasteiger charge is 2.15. The van der Waals surface area contributed by atoms with Gasteiger partial charge in [0, 0.05) is 29.7 Å². The molecule has 0 saturated heterocycles. The molecule has 0 fully saturated rings. The van der Waals surface area contributed by atoms with E-state index in [-0.39, 0.29) is 0 Å². The summed E-state index contributed by atoms with van der Waals surface area (Å²) in [6.07, 6.45) is 1.68. The highest BCUT2D eigenvalue weighted by atomic mass is 16.5. The Balaban J connectivity index is 2.21. The molecule has 0 saturated carbocycles. The summed E-state index contributed by atoms with van der Waals surface area (Å²) in [5.74, 6) is 0.454. The molecule has 124 valence electrons. The number of rotatable bonds is 5. The number of carbonyl (C=O) groups is 1. The maximum atomic E-state index is 11.5. The quantitative estimate of drug-likeness (QED) is 0.769. The first-order valence-electron chi connectivity index (χ1n) is 7.67. The zero-order valence-corrected chi connectivity index (χ0v) is 13.9. The van der Waals surface area contributed by atoms with Crippen LogP contribution in [0.3, 0.4) is 0 Å². The Kier molecular flexibility index (Phi) is 4.16. The lowest BCUT2D eigenvalue weighted by atomic mass is 10.0. The molecule has 0 spiro atoms. The molecule has 0 atom stereocenters. The molecule has 3 rings (SSSR count). The average molecular weight is 325 g/mol. The van der Waals surface area contributed by atoms with Crippen LogP contribution in [-0.4, -0.2) is 29.9 Å². The first kappa shape index (κ1) is 15.9. The van der Waals surface area contributed by atoms with Crippen LogP contribution in [0.2, 0.25) is 0 Å². The number of fused-ring (bicyclic) bond motifs is 1. The summed E-state index contributed by atoms with van der Waals surface area (Å²) in [5, 5.41) is 10.2. The topological polar surface area (TPSA) is 60.7 Å². The SMILES string of the molecule is CCn1cc(C(=O)O)c2cc(-c3cc(OC)cc(OC)c3)ccc21. The van der Waals surface area contributed by atoms with Gasteiger partial charge in [-0.05, 0) is 42.3 Å². The number of carboxylic acids is 1. The van der Waals surface area contributed by atoms with Crippen molar-refractivity contribution in [3.05, 3.63) is 48.2 Å². The van der Waals surface area contributed by atoms with E-state index in [4.69, 9.17) is 9.47 Å². The summed E-state index contributed by atoms with van der Waals surface area (Å²) in [6.45, 7) is 2.71. The lowest BCUT2D eigenvalue weighted by Crippen LogP contribution is -1.94. The van der Waals surface area contributed by atoms with Gasteiger partial charge in [-0.1, -0.05) is 6.07 Å². The van der Waals surface area contributed by atoms with Gasteiger partial charge in [-0.15, -0.1) is 0 Å². The Morgan fingerprint density at radius 1 is 1.04 bits per heavy atom. The number of methoxy groups -OCH3 is 2. The average Bonchev–Trinajstić information content (AvgIpc) is 2.99. The Morgan fingerprint density at radius 2 is 1.71 bits per heavy atom. The molecule has 0 radical (unpaired) electrons. The van der Waals surface area contributed by atoms with E-state index in [1.54, 1.807) is 26.5 Å². The van der Waals surface area contributed by atoms with Crippen molar-refractivity contribution in [1.29, 1.82) is 0 Å². The van der Waals surface area contributed by atoms with Gasteiger partial charge in [-0.3, -0.25) is 0 Å². The number of hydrogen-bond donors (Lipinski definition) is 1. The first-order valence-corrected chi connectivity index (χ1v) is 7.67. The van der Waals surface area contributed by atoms with Crippen LogP contribution in [-0.2, 0) is 6.54 Å². The van der Waals surface area contributed by atoms with Crippen LogP contribution in [0.15, 0.2) is 42.6 Å². The molecule has 0 aliphatic carbocycles. The Morgan fingerprint density at radius 3 is 2.25 bits per heavy atom. The predicted molar refractivity (Wildman–Crippen MR) is 93.1 cm³/mol. The van der Waals surface area contributed by atoms with Crippen LogP contribution in [0.5, 0.6) is 11.5 Å². The van der Waals surface area contributed by atoms with Crippen molar-refractivity contribution in [3.63, 3.8) is 0 Å². The minimum absolute atomic E-state index is 0.309. The number of carboxylic acid groups (broad SMARTS) is 1. The summed E-state index contributed by atoms with van der Waals surface area (Å²) in [5.41, 5.74) is 3.04. The van der Waals surface area contributed by atoms with Crippen molar-refractivity contribution in [2.75, 3.05) is 14.2 Å².